The van der Waals surface area contributed by atoms with Crippen LogP contribution in [0.3, 0.4) is 0 Å². The Morgan fingerprint density at radius 1 is 1.31 bits per heavy atom. The largest absolute Gasteiger partial charge is 0.454 e. The van der Waals surface area contributed by atoms with Crippen LogP contribution in [0.15, 0.2) is 70.5 Å². The van der Waals surface area contributed by atoms with Gasteiger partial charge in [-0.1, -0.05) is 38.5 Å². The Bertz CT molecular complexity index is 1580. The number of hydrogen-bond donors (Lipinski definition) is 0. The monoisotopic (exact) mass is 485 g/mol. The van der Waals surface area contributed by atoms with Gasteiger partial charge >= 0.3 is 0 Å². The standard InChI is InChI=1S/C27H27N5O4/c1-4-6-7-13-31-25(29-23(33)12-11-22-21(9-5-2)35-17-36-22)19(16-28)15-20-26(31)30-24-18(3)10-8-14-32(24)27(20)34/h5,8-11,14-15H,2,4,6-7,12-13,17H2,1,3H3/b21-9+,22-11+,29-25?. The van der Waals surface area contributed by atoms with Crippen molar-refractivity contribution >= 4 is 22.6 Å². The molecule has 3 aromatic heterocycles. The molecule has 0 N–H and O–H groups in total. The highest BCUT2D eigenvalue weighted by Crippen LogP contribution is 2.21. The van der Waals surface area contributed by atoms with Gasteiger partial charge < -0.3 is 14.0 Å². The highest BCUT2D eigenvalue weighted by Gasteiger charge is 2.17. The lowest BCUT2D eigenvalue weighted by Crippen LogP contribution is -2.29. The predicted octanol–water partition coefficient (Wildman–Crippen LogP) is 3.80. The van der Waals surface area contributed by atoms with Crippen molar-refractivity contribution in [1.82, 2.24) is 14.0 Å². The Hall–Kier alpha value is -4.45. The molecule has 4 rings (SSSR count). The number of fused-ring (bicyclic) bond motifs is 2. The van der Waals surface area contributed by atoms with Crippen molar-refractivity contribution in [3.05, 3.63) is 87.7 Å². The summed E-state index contributed by atoms with van der Waals surface area (Å²) < 4.78 is 13.9. The molecule has 0 aliphatic carbocycles. The van der Waals surface area contributed by atoms with Gasteiger partial charge in [-0.05, 0) is 43.2 Å². The first kappa shape index (κ1) is 24.7. The summed E-state index contributed by atoms with van der Waals surface area (Å²) in [6.07, 6.45) is 9.10. The minimum Gasteiger partial charge on any atom is -0.454 e. The molecule has 3 aromatic rings. The van der Waals surface area contributed by atoms with Gasteiger partial charge in [0.15, 0.2) is 17.0 Å². The SMILES string of the molecule is C=C/C=C1/OCO/C1=C/CC(=O)N=c1c(C#N)cc2c(=O)n3cccc(C)c3nc2n1CCCCC. The van der Waals surface area contributed by atoms with E-state index < -0.39 is 5.91 Å². The van der Waals surface area contributed by atoms with Crippen LogP contribution in [0.2, 0.25) is 0 Å². The van der Waals surface area contributed by atoms with Crippen LogP contribution in [0.5, 0.6) is 0 Å². The maximum absolute atomic E-state index is 13.3. The highest BCUT2D eigenvalue weighted by molar-refractivity contribution is 5.81. The first-order chi connectivity index (χ1) is 17.5. The van der Waals surface area contributed by atoms with Gasteiger partial charge in [-0.2, -0.15) is 10.3 Å². The molecule has 0 saturated carbocycles. The van der Waals surface area contributed by atoms with Crippen molar-refractivity contribution in [2.45, 2.75) is 46.1 Å². The molecule has 9 heteroatoms. The van der Waals surface area contributed by atoms with Gasteiger partial charge in [-0.3, -0.25) is 14.0 Å². The van der Waals surface area contributed by atoms with Crippen LogP contribution in [0, 0.1) is 18.3 Å². The smallest absolute Gasteiger partial charge is 0.267 e. The van der Waals surface area contributed by atoms with Crippen molar-refractivity contribution in [3.63, 3.8) is 0 Å². The highest BCUT2D eigenvalue weighted by atomic mass is 16.7. The van der Waals surface area contributed by atoms with Gasteiger partial charge in [0.25, 0.3) is 11.5 Å². The fourth-order valence-electron chi connectivity index (χ4n) is 4.06. The molecule has 184 valence electrons. The molecular weight excluding hydrogens is 458 g/mol. The molecule has 9 nitrogen and oxygen atoms in total. The van der Waals surface area contributed by atoms with Crippen LogP contribution < -0.4 is 11.0 Å². The minimum absolute atomic E-state index is 0.0576. The van der Waals surface area contributed by atoms with E-state index in [1.807, 2.05) is 13.0 Å². The molecule has 36 heavy (non-hydrogen) atoms. The molecule has 0 radical (unpaired) electrons. The molecule has 0 atom stereocenters. The van der Waals surface area contributed by atoms with Crippen molar-refractivity contribution in [2.75, 3.05) is 6.79 Å². The predicted molar refractivity (Wildman–Crippen MR) is 135 cm³/mol. The zero-order valence-corrected chi connectivity index (χ0v) is 20.4. The molecular formula is C27H27N5O4. The van der Waals surface area contributed by atoms with Gasteiger partial charge in [0.2, 0.25) is 6.79 Å². The van der Waals surface area contributed by atoms with Crippen LogP contribution in [-0.2, 0) is 20.8 Å². The molecule has 0 unspecified atom stereocenters. The molecule has 1 amide bonds. The average molecular weight is 486 g/mol. The van der Waals surface area contributed by atoms with Gasteiger partial charge in [0, 0.05) is 12.7 Å². The van der Waals surface area contributed by atoms with E-state index in [0.29, 0.717) is 34.7 Å². The van der Waals surface area contributed by atoms with E-state index in [1.165, 1.54) is 10.5 Å². The Morgan fingerprint density at radius 3 is 2.86 bits per heavy atom. The average Bonchev–Trinajstić information content (AvgIpc) is 3.32. The molecule has 1 aliphatic heterocycles. The first-order valence-corrected chi connectivity index (χ1v) is 11.8. The van der Waals surface area contributed by atoms with Crippen molar-refractivity contribution in [2.24, 2.45) is 4.99 Å². The first-order valence-electron chi connectivity index (χ1n) is 11.8. The van der Waals surface area contributed by atoms with Gasteiger partial charge in [0.1, 0.15) is 17.4 Å². The second kappa shape index (κ2) is 10.9. The number of allylic oxidation sites excluding steroid dienone is 2. The summed E-state index contributed by atoms with van der Waals surface area (Å²) in [4.78, 5) is 35.3. The summed E-state index contributed by atoms with van der Waals surface area (Å²) in [5.74, 6) is 0.456. The lowest BCUT2D eigenvalue weighted by Gasteiger charge is -2.14. The summed E-state index contributed by atoms with van der Waals surface area (Å²) in [5.41, 5.74) is 1.81. The Labute approximate surface area is 207 Å². The summed E-state index contributed by atoms with van der Waals surface area (Å²) in [7, 11) is 0. The van der Waals surface area contributed by atoms with Crippen molar-refractivity contribution < 1.29 is 14.3 Å². The van der Waals surface area contributed by atoms with E-state index in [1.54, 1.807) is 35.1 Å². The number of hydrogen-bond acceptors (Lipinski definition) is 6. The van der Waals surface area contributed by atoms with E-state index >= 15 is 0 Å². The van der Waals surface area contributed by atoms with E-state index in [2.05, 4.69) is 24.6 Å². The maximum Gasteiger partial charge on any atom is 0.267 e. The van der Waals surface area contributed by atoms with Gasteiger partial charge in [0.05, 0.1) is 17.4 Å². The molecule has 0 spiro atoms. The third-order valence-corrected chi connectivity index (χ3v) is 5.84. The van der Waals surface area contributed by atoms with Gasteiger partial charge in [-0.15, -0.1) is 0 Å². The number of pyridine rings is 2. The van der Waals surface area contributed by atoms with Crippen LogP contribution in [0.1, 0.15) is 43.7 Å². The molecule has 1 aliphatic rings. The molecule has 0 aromatic carbocycles. The topological polar surface area (TPSA) is 111 Å². The third kappa shape index (κ3) is 4.84. The number of aryl methyl sites for hydroxylation is 2. The van der Waals surface area contributed by atoms with Crippen LogP contribution >= 0.6 is 0 Å². The van der Waals surface area contributed by atoms with Crippen molar-refractivity contribution in [3.8, 4) is 6.07 Å². The van der Waals surface area contributed by atoms with E-state index in [0.717, 1.165) is 24.8 Å². The van der Waals surface area contributed by atoms with E-state index in [4.69, 9.17) is 14.5 Å². The van der Waals surface area contributed by atoms with Crippen LogP contribution in [0.25, 0.3) is 16.7 Å². The second-order valence-electron chi connectivity index (χ2n) is 8.34. The lowest BCUT2D eigenvalue weighted by atomic mass is 10.2. The van der Waals surface area contributed by atoms with Crippen LogP contribution in [0.4, 0.5) is 0 Å². The number of nitriles is 1. The lowest BCUT2D eigenvalue weighted by molar-refractivity contribution is -0.117. The van der Waals surface area contributed by atoms with Crippen molar-refractivity contribution in [1.29, 1.82) is 5.26 Å². The molecule has 4 heterocycles. The van der Waals surface area contributed by atoms with Crippen LogP contribution in [-0.4, -0.2) is 26.7 Å². The summed E-state index contributed by atoms with van der Waals surface area (Å²) in [6.45, 7) is 8.13. The Kier molecular flexibility index (Phi) is 7.44. The summed E-state index contributed by atoms with van der Waals surface area (Å²) >= 11 is 0. The fourth-order valence-corrected chi connectivity index (χ4v) is 4.06. The zero-order valence-electron chi connectivity index (χ0n) is 20.4. The number of carbonyl (C=O) groups is 1. The number of aromatic nitrogens is 3. The number of nitrogens with zero attached hydrogens (tertiary/aromatic N) is 5. The number of rotatable bonds is 7. The zero-order chi connectivity index (χ0) is 25.7. The number of unbranched alkanes of at least 4 members (excludes halogenated alkanes) is 2. The number of carbonyl (C=O) groups excluding carboxylic acids is 1. The van der Waals surface area contributed by atoms with E-state index in [-0.39, 0.29) is 29.8 Å². The quantitative estimate of drug-likeness (QED) is 0.372. The summed E-state index contributed by atoms with van der Waals surface area (Å²) in [6, 6.07) is 7.24. The van der Waals surface area contributed by atoms with Gasteiger partial charge in [-0.25, -0.2) is 4.98 Å². The number of amides is 1. The molecule has 1 fully saturated rings. The fraction of sp³-hybridized carbons (Fsp3) is 0.296. The van der Waals surface area contributed by atoms with E-state index in [9.17, 15) is 14.9 Å². The second-order valence-corrected chi connectivity index (χ2v) is 8.34. The molecule has 0 bridgehead atoms. The summed E-state index contributed by atoms with van der Waals surface area (Å²) in [5, 5.41) is 10.2. The molecule has 1 saturated heterocycles. The Morgan fingerprint density at radius 2 is 2.11 bits per heavy atom. The normalized spacial score (nSPS) is 15.9. The third-order valence-electron chi connectivity index (χ3n) is 5.84. The number of ether oxygens (including phenoxy) is 2. The Balaban J connectivity index is 1.90. The maximum atomic E-state index is 13.3. The minimum atomic E-state index is -0.468.